The van der Waals surface area contributed by atoms with Gasteiger partial charge in [0.15, 0.2) is 0 Å². The van der Waals surface area contributed by atoms with E-state index in [9.17, 15) is 9.59 Å². The number of aryl methyl sites for hydroxylation is 1. The Balaban J connectivity index is 1.27. The summed E-state index contributed by atoms with van der Waals surface area (Å²) in [5.41, 5.74) is 2.43. The van der Waals surface area contributed by atoms with Crippen molar-refractivity contribution in [3.8, 4) is 0 Å². The number of carbonyl (C=O) groups is 2. The number of alkyl carbamates (subject to hydrolysis) is 1. The molecule has 0 spiro atoms. The maximum absolute atomic E-state index is 12.0. The summed E-state index contributed by atoms with van der Waals surface area (Å²) >= 11 is 0. The van der Waals surface area contributed by atoms with Crippen molar-refractivity contribution >= 4 is 11.9 Å². The summed E-state index contributed by atoms with van der Waals surface area (Å²) in [5, 5.41) is 11.5. The summed E-state index contributed by atoms with van der Waals surface area (Å²) in [6, 6.07) is 0.333. The van der Waals surface area contributed by atoms with Crippen LogP contribution in [0.3, 0.4) is 0 Å². The summed E-state index contributed by atoms with van der Waals surface area (Å²) in [7, 11) is 0. The van der Waals surface area contributed by atoms with Crippen LogP contribution in [-0.2, 0) is 27.1 Å². The van der Waals surface area contributed by atoms with Gasteiger partial charge < -0.3 is 14.8 Å². The van der Waals surface area contributed by atoms with E-state index in [1.165, 1.54) is 5.69 Å². The van der Waals surface area contributed by atoms with Crippen molar-refractivity contribution in [2.24, 2.45) is 23.7 Å². The Kier molecular flexibility index (Phi) is 8.46. The van der Waals surface area contributed by atoms with E-state index in [1.54, 1.807) is 0 Å². The summed E-state index contributed by atoms with van der Waals surface area (Å²) in [6.07, 6.45) is 5.07. The van der Waals surface area contributed by atoms with E-state index in [-0.39, 0.29) is 17.8 Å². The molecule has 1 fully saturated rings. The molecular formula is C23H38N4O4. The van der Waals surface area contributed by atoms with Crippen molar-refractivity contribution in [2.75, 3.05) is 26.4 Å². The van der Waals surface area contributed by atoms with Gasteiger partial charge in [-0.15, -0.1) is 5.10 Å². The molecule has 3 rings (SSSR count). The topological polar surface area (TPSA) is 95.3 Å². The predicted octanol–water partition coefficient (Wildman–Crippen LogP) is 3.35. The van der Waals surface area contributed by atoms with E-state index in [1.807, 2.05) is 13.8 Å². The standard InChI is InChI=1S/C23H38N4O4/c1-15(2)22(28)6-5-12-30-13-11-24-23(29)31-14-19-17-7-9-20-21(10-8-18(17)19)27(16(3)4)26-25-20/h15-19H,5-14H2,1-4H3,(H,24,29). The highest BCUT2D eigenvalue weighted by Gasteiger charge is 2.50. The molecule has 31 heavy (non-hydrogen) atoms. The first-order chi connectivity index (χ1) is 14.9. The number of amides is 1. The third kappa shape index (κ3) is 6.51. The second-order valence-corrected chi connectivity index (χ2v) is 9.45. The van der Waals surface area contributed by atoms with Gasteiger partial charge in [0.05, 0.1) is 24.6 Å². The molecule has 2 aliphatic carbocycles. The molecule has 0 aromatic carbocycles. The Morgan fingerprint density at radius 1 is 1.13 bits per heavy atom. The fourth-order valence-corrected chi connectivity index (χ4v) is 4.64. The Morgan fingerprint density at radius 2 is 1.87 bits per heavy atom. The maximum atomic E-state index is 12.0. The average Bonchev–Trinajstić information content (AvgIpc) is 3.20. The fraction of sp³-hybridized carbons (Fsp3) is 0.826. The molecule has 0 aliphatic heterocycles. The molecule has 1 N–H and O–H groups in total. The van der Waals surface area contributed by atoms with Gasteiger partial charge in [-0.1, -0.05) is 19.1 Å². The predicted molar refractivity (Wildman–Crippen MR) is 117 cm³/mol. The van der Waals surface area contributed by atoms with Crippen LogP contribution < -0.4 is 5.32 Å². The highest BCUT2D eigenvalue weighted by atomic mass is 16.5. The number of rotatable bonds is 11. The van der Waals surface area contributed by atoms with Gasteiger partial charge in [0, 0.05) is 31.5 Å². The zero-order chi connectivity index (χ0) is 22.4. The molecule has 8 heteroatoms. The third-order valence-corrected chi connectivity index (χ3v) is 6.58. The second kappa shape index (κ2) is 11.1. The van der Waals surface area contributed by atoms with Crippen LogP contribution in [0.15, 0.2) is 0 Å². The number of nitrogens with one attached hydrogen (secondary N) is 1. The number of hydrogen-bond acceptors (Lipinski definition) is 6. The van der Waals surface area contributed by atoms with Crippen LogP contribution in [0.1, 0.15) is 70.8 Å². The first kappa shape index (κ1) is 23.7. The van der Waals surface area contributed by atoms with Crippen molar-refractivity contribution in [3.63, 3.8) is 0 Å². The number of nitrogens with zero attached hydrogens (tertiary/aromatic N) is 3. The van der Waals surface area contributed by atoms with Crippen molar-refractivity contribution in [3.05, 3.63) is 11.4 Å². The van der Waals surface area contributed by atoms with Crippen molar-refractivity contribution < 1.29 is 19.1 Å². The van der Waals surface area contributed by atoms with E-state index >= 15 is 0 Å². The Morgan fingerprint density at radius 3 is 2.58 bits per heavy atom. The monoisotopic (exact) mass is 434 g/mol. The van der Waals surface area contributed by atoms with Gasteiger partial charge in [0.2, 0.25) is 0 Å². The van der Waals surface area contributed by atoms with Crippen LogP contribution >= 0.6 is 0 Å². The number of fused-ring (bicyclic) bond motifs is 2. The van der Waals surface area contributed by atoms with Gasteiger partial charge in [-0.3, -0.25) is 4.79 Å². The van der Waals surface area contributed by atoms with E-state index in [0.717, 1.165) is 37.8 Å². The molecule has 1 aromatic heterocycles. The van der Waals surface area contributed by atoms with Gasteiger partial charge in [-0.2, -0.15) is 0 Å². The van der Waals surface area contributed by atoms with Crippen molar-refractivity contribution in [2.45, 2.75) is 72.3 Å². The minimum Gasteiger partial charge on any atom is -0.449 e. The Bertz CT molecular complexity index is 746. The lowest BCUT2D eigenvalue weighted by Gasteiger charge is -2.12. The number of carbonyl (C=O) groups excluding carboxylic acids is 2. The SMILES string of the molecule is CC(C)C(=O)CCCOCCNC(=O)OCC1C2CCc3nnn(C(C)C)c3CCC21. The lowest BCUT2D eigenvalue weighted by molar-refractivity contribution is -0.122. The molecule has 3 atom stereocenters. The molecule has 1 heterocycles. The van der Waals surface area contributed by atoms with E-state index in [0.29, 0.717) is 56.6 Å². The van der Waals surface area contributed by atoms with Crippen LogP contribution in [0.25, 0.3) is 0 Å². The van der Waals surface area contributed by atoms with Gasteiger partial charge in [0.1, 0.15) is 5.78 Å². The fourth-order valence-electron chi connectivity index (χ4n) is 4.64. The summed E-state index contributed by atoms with van der Waals surface area (Å²) in [5.74, 6) is 2.07. The molecular weight excluding hydrogens is 396 g/mol. The lowest BCUT2D eigenvalue weighted by Crippen LogP contribution is -2.28. The van der Waals surface area contributed by atoms with E-state index < -0.39 is 0 Å². The Hall–Kier alpha value is -1.96. The molecule has 1 saturated carbocycles. The first-order valence-electron chi connectivity index (χ1n) is 11.8. The first-order valence-corrected chi connectivity index (χ1v) is 11.8. The molecule has 1 amide bonds. The van der Waals surface area contributed by atoms with Gasteiger partial charge in [-0.25, -0.2) is 9.48 Å². The molecule has 0 bridgehead atoms. The zero-order valence-electron chi connectivity index (χ0n) is 19.4. The van der Waals surface area contributed by atoms with Crippen LogP contribution in [0.4, 0.5) is 4.79 Å². The normalized spacial score (nSPS) is 22.5. The number of ketones is 1. The minimum atomic E-state index is -0.377. The van der Waals surface area contributed by atoms with Crippen LogP contribution in [-0.4, -0.2) is 53.2 Å². The molecule has 174 valence electrons. The smallest absolute Gasteiger partial charge is 0.407 e. The van der Waals surface area contributed by atoms with E-state index in [2.05, 4.69) is 34.2 Å². The Labute approximate surface area is 185 Å². The van der Waals surface area contributed by atoms with Gasteiger partial charge >= 0.3 is 6.09 Å². The number of ether oxygens (including phenoxy) is 2. The average molecular weight is 435 g/mol. The highest BCUT2D eigenvalue weighted by molar-refractivity contribution is 5.80. The summed E-state index contributed by atoms with van der Waals surface area (Å²) in [4.78, 5) is 23.5. The molecule has 0 radical (unpaired) electrons. The highest BCUT2D eigenvalue weighted by Crippen LogP contribution is 2.52. The molecule has 1 aromatic rings. The molecule has 0 saturated heterocycles. The molecule has 8 nitrogen and oxygen atoms in total. The third-order valence-electron chi connectivity index (χ3n) is 6.58. The number of Topliss-reactive ketones (excluding diaryl/α,β-unsaturated/α-hetero) is 1. The van der Waals surface area contributed by atoms with Gasteiger partial charge in [-0.05, 0) is 63.7 Å². The molecule has 3 unspecified atom stereocenters. The largest absolute Gasteiger partial charge is 0.449 e. The van der Waals surface area contributed by atoms with Crippen LogP contribution in [0, 0.1) is 23.7 Å². The van der Waals surface area contributed by atoms with Crippen LogP contribution in [0.2, 0.25) is 0 Å². The van der Waals surface area contributed by atoms with Gasteiger partial charge in [0.25, 0.3) is 0 Å². The maximum Gasteiger partial charge on any atom is 0.407 e. The number of hydrogen-bond donors (Lipinski definition) is 1. The lowest BCUT2D eigenvalue weighted by atomic mass is 10.0. The zero-order valence-corrected chi connectivity index (χ0v) is 19.4. The second-order valence-electron chi connectivity index (χ2n) is 9.45. The molecule has 2 aliphatic rings. The quantitative estimate of drug-likeness (QED) is 0.537. The number of aromatic nitrogens is 3. The minimum absolute atomic E-state index is 0.0814. The van der Waals surface area contributed by atoms with Crippen molar-refractivity contribution in [1.82, 2.24) is 20.3 Å². The summed E-state index contributed by atoms with van der Waals surface area (Å²) < 4.78 is 13.0. The van der Waals surface area contributed by atoms with Crippen LogP contribution in [0.5, 0.6) is 0 Å². The van der Waals surface area contributed by atoms with E-state index in [4.69, 9.17) is 9.47 Å². The van der Waals surface area contributed by atoms with Crippen molar-refractivity contribution in [1.29, 1.82) is 0 Å². The summed E-state index contributed by atoms with van der Waals surface area (Å²) in [6.45, 7) is 9.97.